The summed E-state index contributed by atoms with van der Waals surface area (Å²) >= 11 is 3.94. The molecule has 0 amide bonds. The SMILES string of the molecule is Cc1cc2c3c(c1)N(c1ccc(C(C)(C)C)cc1)c1c(sc4ccc5c6ccccc6sc5c14)B3c1cc(C(C)(C)C)ccc1N2c1ccc(C(C)(C)C)cc1. The summed E-state index contributed by atoms with van der Waals surface area (Å²) in [5.41, 5.74) is 15.8. The molecule has 5 heteroatoms. The summed E-state index contributed by atoms with van der Waals surface area (Å²) < 4.78 is 5.51. The molecule has 4 heterocycles. The fraction of sp³-hybridized carbons (Fsp3) is 0.255. The van der Waals surface area contributed by atoms with Gasteiger partial charge in [-0.15, -0.1) is 22.7 Å². The highest BCUT2D eigenvalue weighted by Gasteiger charge is 2.46. The first-order chi connectivity index (χ1) is 26.6. The van der Waals surface area contributed by atoms with Crippen LogP contribution in [-0.2, 0) is 16.2 Å². The van der Waals surface area contributed by atoms with Gasteiger partial charge < -0.3 is 9.80 Å². The molecule has 0 unspecified atom stereocenters. The quantitative estimate of drug-likeness (QED) is 0.162. The Morgan fingerprint density at radius 3 is 1.70 bits per heavy atom. The van der Waals surface area contributed by atoms with E-state index in [1.807, 2.05) is 22.7 Å². The van der Waals surface area contributed by atoms with Crippen molar-refractivity contribution >= 4 is 109 Å². The first kappa shape index (κ1) is 35.6. The zero-order valence-corrected chi connectivity index (χ0v) is 35.9. The van der Waals surface area contributed by atoms with Crippen molar-refractivity contribution in [2.45, 2.75) is 85.5 Å². The van der Waals surface area contributed by atoms with Gasteiger partial charge in [0.1, 0.15) is 0 Å². The molecule has 278 valence electrons. The summed E-state index contributed by atoms with van der Waals surface area (Å²) in [5, 5.41) is 4.07. The number of aryl methyl sites for hydroxylation is 1. The Kier molecular flexibility index (Phi) is 7.68. The summed E-state index contributed by atoms with van der Waals surface area (Å²) in [5.74, 6) is 0. The molecule has 0 fully saturated rings. The largest absolute Gasteiger partial charge is 0.311 e. The highest BCUT2D eigenvalue weighted by atomic mass is 32.1. The van der Waals surface area contributed by atoms with E-state index in [0.717, 1.165) is 0 Å². The standard InChI is InChI=1S/C51H49BN2S2/c1-30-27-40-45-41(28-30)54(35-22-17-32(18-23-35)50(5,6)7)46-44-43(26-24-37-36-13-11-12-14-42(36)55-47(37)44)56-48(46)52(45)38-29-33(51(8,9)10)19-25-39(38)53(40)34-20-15-31(16-21-34)49(2,3)4/h11-29H,1-10H3. The molecule has 10 rings (SSSR count). The second-order valence-corrected chi connectivity index (χ2v) is 21.3. The second kappa shape index (κ2) is 12.1. The van der Waals surface area contributed by atoms with Crippen molar-refractivity contribution < 1.29 is 0 Å². The minimum Gasteiger partial charge on any atom is -0.311 e. The molecule has 56 heavy (non-hydrogen) atoms. The number of fused-ring (bicyclic) bond motifs is 10. The number of nitrogens with zero attached hydrogens (tertiary/aromatic N) is 2. The van der Waals surface area contributed by atoms with Crippen molar-refractivity contribution in [3.8, 4) is 0 Å². The van der Waals surface area contributed by atoms with Crippen LogP contribution in [0.3, 0.4) is 0 Å². The minimum atomic E-state index is 0.00628. The van der Waals surface area contributed by atoms with E-state index in [2.05, 4.69) is 194 Å². The molecule has 0 N–H and O–H groups in total. The lowest BCUT2D eigenvalue weighted by Crippen LogP contribution is -2.60. The van der Waals surface area contributed by atoms with Crippen LogP contribution in [0.5, 0.6) is 0 Å². The van der Waals surface area contributed by atoms with E-state index < -0.39 is 0 Å². The van der Waals surface area contributed by atoms with E-state index in [1.54, 1.807) is 0 Å². The molecule has 0 atom stereocenters. The molecule has 0 spiro atoms. The third-order valence-corrected chi connectivity index (χ3v) is 14.6. The summed E-state index contributed by atoms with van der Waals surface area (Å²) in [6.07, 6.45) is 0. The summed E-state index contributed by atoms with van der Waals surface area (Å²) in [6.45, 7) is 23.2. The molecule has 0 saturated heterocycles. The molecule has 0 saturated carbocycles. The first-order valence-corrected chi connectivity index (χ1v) is 21.7. The van der Waals surface area contributed by atoms with Gasteiger partial charge in [-0.2, -0.15) is 0 Å². The van der Waals surface area contributed by atoms with Gasteiger partial charge in [0.2, 0.25) is 0 Å². The summed E-state index contributed by atoms with van der Waals surface area (Å²) in [4.78, 5) is 5.19. The Labute approximate surface area is 340 Å². The van der Waals surface area contributed by atoms with Crippen LogP contribution >= 0.6 is 22.7 Å². The predicted octanol–water partition coefficient (Wildman–Crippen LogP) is 13.6. The lowest BCUT2D eigenvalue weighted by Gasteiger charge is -2.44. The third kappa shape index (κ3) is 5.34. The Hall–Kier alpha value is -4.84. The first-order valence-electron chi connectivity index (χ1n) is 20.0. The second-order valence-electron chi connectivity index (χ2n) is 19.2. The molecule has 0 aliphatic carbocycles. The van der Waals surface area contributed by atoms with Gasteiger partial charge in [-0.05, 0) is 111 Å². The van der Waals surface area contributed by atoms with Crippen molar-refractivity contribution in [2.75, 3.05) is 9.80 Å². The molecule has 2 aliphatic rings. The Balaban J connectivity index is 1.33. The number of benzene rings is 6. The molecule has 6 aromatic carbocycles. The van der Waals surface area contributed by atoms with E-state index in [-0.39, 0.29) is 23.0 Å². The number of hydrogen-bond acceptors (Lipinski definition) is 4. The van der Waals surface area contributed by atoms with Crippen LogP contribution in [0.4, 0.5) is 34.1 Å². The molecule has 2 aliphatic heterocycles. The van der Waals surface area contributed by atoms with Crippen LogP contribution < -0.4 is 25.5 Å². The third-order valence-electron chi connectivity index (χ3n) is 12.2. The Morgan fingerprint density at radius 1 is 0.500 bits per heavy atom. The van der Waals surface area contributed by atoms with Crippen LogP contribution in [0.15, 0.2) is 115 Å². The summed E-state index contributed by atoms with van der Waals surface area (Å²) in [7, 11) is 0. The zero-order valence-electron chi connectivity index (χ0n) is 34.3. The van der Waals surface area contributed by atoms with Crippen molar-refractivity contribution in [3.63, 3.8) is 0 Å². The number of anilines is 6. The Morgan fingerprint density at radius 2 is 1.07 bits per heavy atom. The molecule has 8 aromatic rings. The highest BCUT2D eigenvalue weighted by molar-refractivity contribution is 7.35. The van der Waals surface area contributed by atoms with E-state index in [1.165, 1.54) is 102 Å². The molecular weight excluding hydrogens is 716 g/mol. The van der Waals surface area contributed by atoms with Crippen LogP contribution in [0, 0.1) is 6.92 Å². The van der Waals surface area contributed by atoms with E-state index in [4.69, 9.17) is 0 Å². The van der Waals surface area contributed by atoms with Gasteiger partial charge >= 0.3 is 0 Å². The van der Waals surface area contributed by atoms with Crippen molar-refractivity contribution in [1.29, 1.82) is 0 Å². The fourth-order valence-electron chi connectivity index (χ4n) is 9.11. The summed E-state index contributed by atoms with van der Waals surface area (Å²) in [6, 6.07) is 44.7. The van der Waals surface area contributed by atoms with Gasteiger partial charge in [0, 0.05) is 63.5 Å². The number of hydrogen-bond donors (Lipinski definition) is 0. The van der Waals surface area contributed by atoms with Crippen LogP contribution in [0.25, 0.3) is 30.3 Å². The minimum absolute atomic E-state index is 0.00628. The molecule has 0 radical (unpaired) electrons. The molecule has 2 nitrogen and oxygen atoms in total. The Bertz CT molecular complexity index is 2870. The maximum Gasteiger partial charge on any atom is 0.264 e. The van der Waals surface area contributed by atoms with Gasteiger partial charge in [-0.25, -0.2) is 0 Å². The van der Waals surface area contributed by atoms with Crippen LogP contribution in [-0.4, -0.2) is 6.71 Å². The molecule has 2 aromatic heterocycles. The van der Waals surface area contributed by atoms with Crippen molar-refractivity contribution in [1.82, 2.24) is 0 Å². The number of rotatable bonds is 2. The average molecular weight is 765 g/mol. The monoisotopic (exact) mass is 764 g/mol. The molecule has 0 bridgehead atoms. The van der Waals surface area contributed by atoms with Crippen molar-refractivity contribution in [3.05, 3.63) is 138 Å². The zero-order chi connectivity index (χ0) is 39.1. The van der Waals surface area contributed by atoms with Gasteiger partial charge in [0.15, 0.2) is 0 Å². The predicted molar refractivity (Wildman–Crippen MR) is 250 cm³/mol. The highest BCUT2D eigenvalue weighted by Crippen LogP contribution is 2.51. The normalized spacial score (nSPS) is 14.1. The lowest BCUT2D eigenvalue weighted by molar-refractivity contribution is 0.590. The smallest absolute Gasteiger partial charge is 0.264 e. The van der Waals surface area contributed by atoms with Gasteiger partial charge in [0.25, 0.3) is 6.71 Å². The van der Waals surface area contributed by atoms with Crippen LogP contribution in [0.1, 0.15) is 84.6 Å². The van der Waals surface area contributed by atoms with E-state index >= 15 is 0 Å². The van der Waals surface area contributed by atoms with Crippen molar-refractivity contribution in [2.24, 2.45) is 0 Å². The fourth-order valence-corrected chi connectivity index (χ4v) is 11.8. The van der Waals surface area contributed by atoms with Gasteiger partial charge in [-0.1, -0.05) is 123 Å². The van der Waals surface area contributed by atoms with Gasteiger partial charge in [0.05, 0.1) is 5.69 Å². The average Bonchev–Trinajstić information content (AvgIpc) is 3.72. The van der Waals surface area contributed by atoms with Gasteiger partial charge in [-0.3, -0.25) is 0 Å². The topological polar surface area (TPSA) is 6.48 Å². The van der Waals surface area contributed by atoms with E-state index in [9.17, 15) is 0 Å². The van der Waals surface area contributed by atoms with Crippen LogP contribution in [0.2, 0.25) is 0 Å². The maximum absolute atomic E-state index is 2.63. The number of thiophene rings is 2. The lowest BCUT2D eigenvalue weighted by atomic mass is 9.36. The van der Waals surface area contributed by atoms with E-state index in [0.29, 0.717) is 0 Å². The molecular formula is C51H49BN2S2. The maximum atomic E-state index is 2.63.